The van der Waals surface area contributed by atoms with Crippen LogP contribution >= 0.6 is 11.3 Å². The quantitative estimate of drug-likeness (QED) is 0.635. The van der Waals surface area contributed by atoms with Crippen molar-refractivity contribution in [3.63, 3.8) is 0 Å². The summed E-state index contributed by atoms with van der Waals surface area (Å²) >= 11 is 1.49. The average Bonchev–Trinajstić information content (AvgIpc) is 3.15. The van der Waals surface area contributed by atoms with E-state index in [4.69, 9.17) is 0 Å². The number of hydrogen-bond acceptors (Lipinski definition) is 5. The zero-order valence-electron chi connectivity index (χ0n) is 15.6. The lowest BCUT2D eigenvalue weighted by atomic mass is 10.1. The van der Waals surface area contributed by atoms with E-state index in [0.29, 0.717) is 30.3 Å². The molecule has 0 atom stereocenters. The molecular formula is C20H20F2N4O2S. The number of ether oxygens (including phenoxy) is 1. The van der Waals surface area contributed by atoms with Gasteiger partial charge in [-0.15, -0.1) is 0 Å². The van der Waals surface area contributed by atoms with E-state index in [9.17, 15) is 13.6 Å². The maximum atomic E-state index is 12.9. The van der Waals surface area contributed by atoms with Crippen LogP contribution in [0.3, 0.4) is 0 Å². The second-order valence-electron chi connectivity index (χ2n) is 7.61. The van der Waals surface area contributed by atoms with Crippen molar-refractivity contribution in [1.29, 1.82) is 0 Å². The molecule has 1 aliphatic carbocycles. The van der Waals surface area contributed by atoms with Gasteiger partial charge in [-0.1, -0.05) is 29.5 Å². The van der Waals surface area contributed by atoms with Crippen LogP contribution in [-0.2, 0) is 17.7 Å². The van der Waals surface area contributed by atoms with Crippen LogP contribution in [0.4, 0.5) is 13.9 Å². The van der Waals surface area contributed by atoms with Gasteiger partial charge in [-0.25, -0.2) is 4.98 Å². The Morgan fingerprint density at radius 2 is 2.21 bits per heavy atom. The van der Waals surface area contributed by atoms with E-state index in [1.54, 1.807) is 0 Å². The van der Waals surface area contributed by atoms with Gasteiger partial charge in [0.2, 0.25) is 0 Å². The maximum absolute atomic E-state index is 12.9. The number of benzene rings is 1. The van der Waals surface area contributed by atoms with E-state index in [0.717, 1.165) is 34.3 Å². The second kappa shape index (κ2) is 7.07. The first-order valence-electron chi connectivity index (χ1n) is 9.55. The standard InChI is InChI=1S/C20H20F2N4O2S/c21-18(22)28-11-20(6-7-20)25-19-24-14-5-8-26(10-16(14)29-19)17(27)15-9-12-3-1-2-4-13(12)23-15/h1-4,9,18,23H,5-8,10-11H2,(H,24,25). The number of halogens is 2. The predicted octanol–water partition coefficient (Wildman–Crippen LogP) is 4.01. The van der Waals surface area contributed by atoms with Gasteiger partial charge in [0.05, 0.1) is 24.4 Å². The van der Waals surface area contributed by atoms with E-state index in [1.807, 2.05) is 35.2 Å². The third kappa shape index (κ3) is 3.72. The lowest BCUT2D eigenvalue weighted by molar-refractivity contribution is -0.132. The van der Waals surface area contributed by atoms with Crippen LogP contribution in [0.25, 0.3) is 10.9 Å². The number of rotatable bonds is 6. The molecule has 0 unspecified atom stereocenters. The number of nitrogens with zero attached hydrogens (tertiary/aromatic N) is 2. The molecular weight excluding hydrogens is 398 g/mol. The van der Waals surface area contributed by atoms with E-state index in [-0.39, 0.29) is 12.5 Å². The zero-order chi connectivity index (χ0) is 20.0. The van der Waals surface area contributed by atoms with Crippen molar-refractivity contribution in [2.75, 3.05) is 18.5 Å². The number of carbonyl (C=O) groups is 1. The summed E-state index contributed by atoms with van der Waals surface area (Å²) in [6.45, 7) is -1.68. The van der Waals surface area contributed by atoms with E-state index >= 15 is 0 Å². The Morgan fingerprint density at radius 1 is 1.38 bits per heavy atom. The molecule has 29 heavy (non-hydrogen) atoms. The lowest BCUT2D eigenvalue weighted by Gasteiger charge is -2.25. The number of H-pyrrole nitrogens is 1. The summed E-state index contributed by atoms with van der Waals surface area (Å²) in [5.41, 5.74) is 2.07. The average molecular weight is 418 g/mol. The highest BCUT2D eigenvalue weighted by Crippen LogP contribution is 2.41. The third-order valence-corrected chi connectivity index (χ3v) is 6.49. The van der Waals surface area contributed by atoms with E-state index < -0.39 is 12.2 Å². The number of fused-ring (bicyclic) bond motifs is 2. The number of alkyl halides is 2. The van der Waals surface area contributed by atoms with Crippen LogP contribution in [0.2, 0.25) is 0 Å². The van der Waals surface area contributed by atoms with Crippen molar-refractivity contribution in [2.24, 2.45) is 0 Å². The van der Waals surface area contributed by atoms with Crippen molar-refractivity contribution in [3.05, 3.63) is 46.6 Å². The molecule has 5 rings (SSSR count). The normalized spacial score (nSPS) is 17.6. The van der Waals surface area contributed by atoms with Gasteiger partial charge in [0.25, 0.3) is 5.91 Å². The molecule has 3 heterocycles. The summed E-state index contributed by atoms with van der Waals surface area (Å²) in [6.07, 6.45) is 2.25. The number of amides is 1. The lowest BCUT2D eigenvalue weighted by Crippen LogP contribution is -2.35. The molecule has 2 N–H and O–H groups in total. The Balaban J connectivity index is 1.28. The molecule has 152 valence electrons. The number of carbonyl (C=O) groups excluding carboxylic acids is 1. The van der Waals surface area contributed by atoms with Crippen molar-refractivity contribution < 1.29 is 18.3 Å². The first-order valence-corrected chi connectivity index (χ1v) is 10.4. The summed E-state index contributed by atoms with van der Waals surface area (Å²) in [6, 6.07) is 9.69. The molecule has 1 saturated carbocycles. The highest BCUT2D eigenvalue weighted by atomic mass is 32.1. The summed E-state index contributed by atoms with van der Waals surface area (Å²) in [7, 11) is 0. The molecule has 3 aromatic rings. The van der Waals surface area contributed by atoms with Crippen LogP contribution in [0.15, 0.2) is 30.3 Å². The Morgan fingerprint density at radius 3 is 2.97 bits per heavy atom. The fourth-order valence-electron chi connectivity index (χ4n) is 3.69. The minimum atomic E-state index is -2.76. The van der Waals surface area contributed by atoms with Crippen molar-refractivity contribution in [3.8, 4) is 0 Å². The first-order chi connectivity index (χ1) is 14.0. The molecule has 2 aromatic heterocycles. The van der Waals surface area contributed by atoms with Gasteiger partial charge in [0.15, 0.2) is 5.13 Å². The summed E-state index contributed by atoms with van der Waals surface area (Å²) in [5, 5.41) is 5.00. The van der Waals surface area contributed by atoms with Crippen LogP contribution < -0.4 is 5.32 Å². The Hall–Kier alpha value is -2.52. The summed E-state index contributed by atoms with van der Waals surface area (Å²) < 4.78 is 29.2. The minimum Gasteiger partial charge on any atom is -0.354 e. The minimum absolute atomic E-state index is 0.0279. The second-order valence-corrected chi connectivity index (χ2v) is 8.70. The molecule has 0 bridgehead atoms. The van der Waals surface area contributed by atoms with Crippen LogP contribution in [-0.4, -0.2) is 46.1 Å². The summed E-state index contributed by atoms with van der Waals surface area (Å²) in [5.74, 6) is -0.0289. The van der Waals surface area contributed by atoms with Gasteiger partial charge >= 0.3 is 6.61 Å². The number of thiazole rings is 1. The fourth-order valence-corrected chi connectivity index (χ4v) is 4.83. The van der Waals surface area contributed by atoms with Crippen LogP contribution in [0.1, 0.15) is 33.9 Å². The van der Waals surface area contributed by atoms with Crippen LogP contribution in [0, 0.1) is 0 Å². The molecule has 1 amide bonds. The van der Waals surface area contributed by atoms with Crippen molar-refractivity contribution >= 4 is 33.3 Å². The molecule has 0 spiro atoms. The largest absolute Gasteiger partial charge is 0.354 e. The number of hydrogen-bond donors (Lipinski definition) is 2. The monoisotopic (exact) mass is 418 g/mol. The van der Waals surface area contributed by atoms with E-state index in [2.05, 4.69) is 20.0 Å². The summed E-state index contributed by atoms with van der Waals surface area (Å²) in [4.78, 5) is 23.6. The molecule has 1 aromatic carbocycles. The van der Waals surface area contributed by atoms with Gasteiger partial charge in [-0.05, 0) is 25.0 Å². The number of aromatic amines is 1. The molecule has 1 aliphatic heterocycles. The molecule has 9 heteroatoms. The Labute approximate surface area is 169 Å². The molecule has 1 fully saturated rings. The van der Waals surface area contributed by atoms with Gasteiger partial charge in [0.1, 0.15) is 5.69 Å². The maximum Gasteiger partial charge on any atom is 0.345 e. The van der Waals surface area contributed by atoms with Crippen molar-refractivity contribution in [2.45, 2.75) is 38.0 Å². The van der Waals surface area contributed by atoms with Gasteiger partial charge in [0, 0.05) is 28.7 Å². The van der Waals surface area contributed by atoms with Gasteiger partial charge in [-0.3, -0.25) is 4.79 Å². The molecule has 0 saturated heterocycles. The smallest absolute Gasteiger partial charge is 0.345 e. The molecule has 6 nitrogen and oxygen atoms in total. The Bertz CT molecular complexity index is 1030. The number of para-hydroxylation sites is 1. The highest BCUT2D eigenvalue weighted by molar-refractivity contribution is 7.15. The first kappa shape index (κ1) is 18.5. The fraction of sp³-hybridized carbons (Fsp3) is 0.400. The van der Waals surface area contributed by atoms with Gasteiger partial charge < -0.3 is 19.9 Å². The number of anilines is 1. The number of nitrogens with one attached hydrogen (secondary N) is 2. The van der Waals surface area contributed by atoms with Crippen molar-refractivity contribution in [1.82, 2.24) is 14.9 Å². The highest BCUT2D eigenvalue weighted by Gasteiger charge is 2.44. The Kier molecular flexibility index (Phi) is 4.51. The molecule has 0 radical (unpaired) electrons. The van der Waals surface area contributed by atoms with Gasteiger partial charge in [-0.2, -0.15) is 8.78 Å². The third-order valence-electron chi connectivity index (χ3n) is 5.49. The van der Waals surface area contributed by atoms with E-state index in [1.165, 1.54) is 11.3 Å². The molecule has 2 aliphatic rings. The van der Waals surface area contributed by atoms with Crippen LogP contribution in [0.5, 0.6) is 0 Å². The predicted molar refractivity (Wildman–Crippen MR) is 106 cm³/mol. The zero-order valence-corrected chi connectivity index (χ0v) is 16.4. The SMILES string of the molecule is O=C(c1cc2ccccc2[nH]1)N1CCc2nc(NC3(COC(F)F)CC3)sc2C1. The topological polar surface area (TPSA) is 70.2 Å². The number of aromatic nitrogens is 2.